The fourth-order valence-corrected chi connectivity index (χ4v) is 3.66. The molecule has 1 atom stereocenters. The monoisotopic (exact) mass is 348 g/mol. The largest absolute Gasteiger partial charge is 0.355 e. The summed E-state index contributed by atoms with van der Waals surface area (Å²) in [6.07, 6.45) is 4.48. The zero-order valence-electron chi connectivity index (χ0n) is 14.6. The van der Waals surface area contributed by atoms with E-state index in [1.165, 1.54) is 38.1 Å². The first-order valence-corrected chi connectivity index (χ1v) is 8.90. The Bertz CT molecular complexity index is 646. The molecule has 2 fully saturated rings. The fraction of sp³-hybridized carbons (Fsp3) is 0.556. The average molecular weight is 348 g/mol. The zero-order chi connectivity index (χ0) is 17.8. The van der Waals surface area contributed by atoms with Crippen molar-refractivity contribution in [1.29, 1.82) is 0 Å². The maximum absolute atomic E-state index is 13.7. The number of likely N-dealkylation sites (tertiary alicyclic amines) is 2. The Labute approximate surface area is 147 Å². The lowest BCUT2D eigenvalue weighted by molar-refractivity contribution is 0.0959. The number of anilines is 1. The molecule has 7 heteroatoms. The van der Waals surface area contributed by atoms with Crippen molar-refractivity contribution in [2.75, 3.05) is 38.5 Å². The van der Waals surface area contributed by atoms with Crippen molar-refractivity contribution in [2.45, 2.75) is 31.7 Å². The molecular formula is C18H25FN4O2. The van der Waals surface area contributed by atoms with Gasteiger partial charge >= 0.3 is 6.03 Å². The first kappa shape index (κ1) is 17.7. The van der Waals surface area contributed by atoms with Crippen LogP contribution in [0.3, 0.4) is 0 Å². The summed E-state index contributed by atoms with van der Waals surface area (Å²) in [6, 6.07) is 4.09. The van der Waals surface area contributed by atoms with Crippen LogP contribution in [0.15, 0.2) is 18.2 Å². The molecule has 3 rings (SSSR count). The Morgan fingerprint density at radius 1 is 1.20 bits per heavy atom. The van der Waals surface area contributed by atoms with Gasteiger partial charge in [-0.05, 0) is 57.0 Å². The lowest BCUT2D eigenvalue weighted by atomic mass is 10.1. The number of carbonyl (C=O) groups excluding carboxylic acids is 2. The number of urea groups is 1. The second-order valence-corrected chi connectivity index (χ2v) is 6.70. The standard InChI is InChI=1S/C18H25FN4O2/c1-20-17(24)15-11-13(6-7-16(15)19)21-18(25)23-10-4-5-14(23)12-22-8-2-3-9-22/h6-7,11,14H,2-5,8-10,12H2,1H3,(H,20,24)(H,21,25)/t14-/m1/s1. The molecule has 6 nitrogen and oxygen atoms in total. The van der Waals surface area contributed by atoms with Crippen molar-refractivity contribution in [3.63, 3.8) is 0 Å². The van der Waals surface area contributed by atoms with Crippen molar-refractivity contribution in [2.24, 2.45) is 0 Å². The molecule has 0 aromatic heterocycles. The summed E-state index contributed by atoms with van der Waals surface area (Å²) in [5.41, 5.74) is 0.354. The quantitative estimate of drug-likeness (QED) is 0.877. The van der Waals surface area contributed by atoms with Crippen molar-refractivity contribution in [3.8, 4) is 0 Å². The van der Waals surface area contributed by atoms with E-state index in [9.17, 15) is 14.0 Å². The van der Waals surface area contributed by atoms with Crippen LogP contribution in [0, 0.1) is 5.82 Å². The highest BCUT2D eigenvalue weighted by Crippen LogP contribution is 2.22. The van der Waals surface area contributed by atoms with E-state index in [4.69, 9.17) is 0 Å². The van der Waals surface area contributed by atoms with Crippen LogP contribution in [0.5, 0.6) is 0 Å². The number of carbonyl (C=O) groups is 2. The van der Waals surface area contributed by atoms with Crippen LogP contribution in [-0.2, 0) is 0 Å². The number of benzene rings is 1. The number of nitrogens with one attached hydrogen (secondary N) is 2. The first-order valence-electron chi connectivity index (χ1n) is 8.90. The first-order chi connectivity index (χ1) is 12.1. The van der Waals surface area contributed by atoms with Gasteiger partial charge in [0.1, 0.15) is 5.82 Å². The third-order valence-electron chi connectivity index (χ3n) is 4.99. The van der Waals surface area contributed by atoms with Crippen molar-refractivity contribution >= 4 is 17.6 Å². The van der Waals surface area contributed by atoms with E-state index in [2.05, 4.69) is 15.5 Å². The minimum Gasteiger partial charge on any atom is -0.355 e. The molecule has 0 radical (unpaired) electrons. The van der Waals surface area contributed by atoms with Crippen LogP contribution < -0.4 is 10.6 Å². The summed E-state index contributed by atoms with van der Waals surface area (Å²) < 4.78 is 13.7. The molecular weight excluding hydrogens is 323 g/mol. The molecule has 1 aromatic carbocycles. The van der Waals surface area contributed by atoms with Crippen LogP contribution in [0.4, 0.5) is 14.9 Å². The predicted molar refractivity (Wildman–Crippen MR) is 94.2 cm³/mol. The highest BCUT2D eigenvalue weighted by molar-refractivity contribution is 5.97. The minimum atomic E-state index is -0.606. The summed E-state index contributed by atoms with van der Waals surface area (Å²) in [4.78, 5) is 28.6. The molecule has 25 heavy (non-hydrogen) atoms. The van der Waals surface area contributed by atoms with Gasteiger partial charge in [-0.15, -0.1) is 0 Å². The van der Waals surface area contributed by atoms with Crippen LogP contribution in [0.25, 0.3) is 0 Å². The Hall–Kier alpha value is -2.15. The number of nitrogens with zero attached hydrogens (tertiary/aromatic N) is 2. The summed E-state index contributed by atoms with van der Waals surface area (Å²) >= 11 is 0. The lowest BCUT2D eigenvalue weighted by Crippen LogP contribution is -2.44. The van der Waals surface area contributed by atoms with Gasteiger partial charge in [-0.1, -0.05) is 0 Å². The highest BCUT2D eigenvalue weighted by atomic mass is 19.1. The SMILES string of the molecule is CNC(=O)c1cc(NC(=O)N2CCC[C@@H]2CN2CCCC2)ccc1F. The smallest absolute Gasteiger partial charge is 0.322 e. The normalized spacial score (nSPS) is 20.7. The van der Waals surface area contributed by atoms with Gasteiger partial charge in [0.05, 0.1) is 5.56 Å². The van der Waals surface area contributed by atoms with Gasteiger partial charge in [0.2, 0.25) is 0 Å². The topological polar surface area (TPSA) is 64.7 Å². The van der Waals surface area contributed by atoms with E-state index in [0.29, 0.717) is 5.69 Å². The van der Waals surface area contributed by atoms with E-state index in [1.807, 2.05) is 4.90 Å². The molecule has 2 N–H and O–H groups in total. The van der Waals surface area contributed by atoms with Gasteiger partial charge in [0.15, 0.2) is 0 Å². The second-order valence-electron chi connectivity index (χ2n) is 6.70. The van der Waals surface area contributed by atoms with Gasteiger partial charge < -0.3 is 20.4 Å². The molecule has 0 unspecified atom stereocenters. The number of hydrogen-bond donors (Lipinski definition) is 2. The fourth-order valence-electron chi connectivity index (χ4n) is 3.66. The van der Waals surface area contributed by atoms with Gasteiger partial charge in [-0.25, -0.2) is 9.18 Å². The lowest BCUT2D eigenvalue weighted by Gasteiger charge is -2.28. The summed E-state index contributed by atoms with van der Waals surface area (Å²) in [5, 5.41) is 5.20. The molecule has 1 aromatic rings. The Balaban J connectivity index is 1.65. The molecule has 0 spiro atoms. The maximum Gasteiger partial charge on any atom is 0.322 e. The molecule has 0 saturated carbocycles. The number of hydrogen-bond acceptors (Lipinski definition) is 3. The molecule has 0 bridgehead atoms. The Morgan fingerprint density at radius 3 is 2.68 bits per heavy atom. The van der Waals surface area contributed by atoms with Crippen molar-refractivity contribution in [3.05, 3.63) is 29.6 Å². The average Bonchev–Trinajstić information content (AvgIpc) is 3.28. The molecule has 2 heterocycles. The maximum atomic E-state index is 13.7. The number of amides is 3. The third kappa shape index (κ3) is 4.10. The van der Waals surface area contributed by atoms with E-state index in [-0.39, 0.29) is 17.6 Å². The molecule has 2 aliphatic heterocycles. The Kier molecular flexibility index (Phi) is 5.53. The van der Waals surface area contributed by atoms with E-state index < -0.39 is 11.7 Å². The van der Waals surface area contributed by atoms with Gasteiger partial charge in [-0.2, -0.15) is 0 Å². The molecule has 136 valence electrons. The number of halogens is 1. The summed E-state index contributed by atoms with van der Waals surface area (Å²) in [6.45, 7) is 3.87. The third-order valence-corrected chi connectivity index (χ3v) is 4.99. The summed E-state index contributed by atoms with van der Waals surface area (Å²) in [5.74, 6) is -1.12. The molecule has 2 aliphatic rings. The zero-order valence-corrected chi connectivity index (χ0v) is 14.6. The van der Waals surface area contributed by atoms with Gasteiger partial charge in [-0.3, -0.25) is 4.79 Å². The second kappa shape index (κ2) is 7.82. The molecule has 2 saturated heterocycles. The van der Waals surface area contributed by atoms with E-state index in [0.717, 1.165) is 39.0 Å². The van der Waals surface area contributed by atoms with Crippen molar-refractivity contribution in [1.82, 2.24) is 15.1 Å². The van der Waals surface area contributed by atoms with E-state index >= 15 is 0 Å². The molecule has 0 aliphatic carbocycles. The van der Waals surface area contributed by atoms with Gasteiger partial charge in [0, 0.05) is 31.9 Å². The molecule has 3 amide bonds. The van der Waals surface area contributed by atoms with Crippen molar-refractivity contribution < 1.29 is 14.0 Å². The van der Waals surface area contributed by atoms with Crippen LogP contribution in [-0.4, -0.2) is 61.0 Å². The van der Waals surface area contributed by atoms with Crippen LogP contribution in [0.2, 0.25) is 0 Å². The van der Waals surface area contributed by atoms with Crippen LogP contribution >= 0.6 is 0 Å². The summed E-state index contributed by atoms with van der Waals surface area (Å²) in [7, 11) is 1.44. The predicted octanol–water partition coefficient (Wildman–Crippen LogP) is 2.28. The van der Waals surface area contributed by atoms with Gasteiger partial charge in [0.25, 0.3) is 5.91 Å². The minimum absolute atomic E-state index is 0.0738. The van der Waals surface area contributed by atoms with Crippen LogP contribution in [0.1, 0.15) is 36.0 Å². The highest BCUT2D eigenvalue weighted by Gasteiger charge is 2.31. The Morgan fingerprint density at radius 2 is 1.96 bits per heavy atom. The van der Waals surface area contributed by atoms with E-state index in [1.54, 1.807) is 0 Å². The number of rotatable bonds is 4.